The molecule has 1 amide bonds. The van der Waals surface area contributed by atoms with E-state index in [1.807, 2.05) is 0 Å². The molecular formula is C12H15NO4. The van der Waals surface area contributed by atoms with Crippen molar-refractivity contribution in [3.8, 4) is 11.5 Å². The molecule has 0 spiro atoms. The smallest absolute Gasteiger partial charge is 0.231 e. The van der Waals surface area contributed by atoms with E-state index in [1.54, 1.807) is 25.2 Å². The van der Waals surface area contributed by atoms with Crippen LogP contribution in [-0.2, 0) is 4.79 Å². The van der Waals surface area contributed by atoms with Crippen molar-refractivity contribution < 1.29 is 19.4 Å². The second-order valence-corrected chi connectivity index (χ2v) is 3.84. The lowest BCUT2D eigenvalue weighted by atomic mass is 10.0. The molecular weight excluding hydrogens is 222 g/mol. The number of fused-ring (bicyclic) bond motifs is 1. The van der Waals surface area contributed by atoms with E-state index in [4.69, 9.17) is 9.47 Å². The van der Waals surface area contributed by atoms with Gasteiger partial charge in [0.2, 0.25) is 12.7 Å². The minimum absolute atomic E-state index is 0.0789. The van der Waals surface area contributed by atoms with E-state index in [-0.39, 0.29) is 12.7 Å². The zero-order valence-electron chi connectivity index (χ0n) is 9.60. The fourth-order valence-electron chi connectivity index (χ4n) is 1.68. The average molecular weight is 237 g/mol. The fraction of sp³-hybridized carbons (Fsp3) is 0.417. The SMILES string of the molecule is CNC(=O)CCC(O)c1ccc2c(c1)OCO2. The third-order valence-corrected chi connectivity index (χ3v) is 2.71. The van der Waals surface area contributed by atoms with Crippen LogP contribution in [0.4, 0.5) is 0 Å². The lowest BCUT2D eigenvalue weighted by Gasteiger charge is -2.10. The molecule has 1 heterocycles. The summed E-state index contributed by atoms with van der Waals surface area (Å²) in [5, 5.41) is 12.4. The number of benzene rings is 1. The third kappa shape index (κ3) is 2.68. The Morgan fingerprint density at radius 2 is 2.24 bits per heavy atom. The normalized spacial score (nSPS) is 14.5. The molecule has 1 aromatic carbocycles. The van der Waals surface area contributed by atoms with Gasteiger partial charge in [0.25, 0.3) is 0 Å². The molecule has 0 saturated heterocycles. The topological polar surface area (TPSA) is 67.8 Å². The fourth-order valence-corrected chi connectivity index (χ4v) is 1.68. The highest BCUT2D eigenvalue weighted by Gasteiger charge is 2.16. The molecule has 5 nitrogen and oxygen atoms in total. The number of carbonyl (C=O) groups is 1. The molecule has 0 aromatic heterocycles. The Balaban J connectivity index is 1.99. The van der Waals surface area contributed by atoms with Crippen molar-refractivity contribution in [1.29, 1.82) is 0 Å². The van der Waals surface area contributed by atoms with Gasteiger partial charge in [-0.3, -0.25) is 4.79 Å². The number of hydrogen-bond donors (Lipinski definition) is 2. The Kier molecular flexibility index (Phi) is 3.49. The molecule has 0 radical (unpaired) electrons. The number of carbonyl (C=O) groups excluding carboxylic acids is 1. The van der Waals surface area contributed by atoms with E-state index in [1.165, 1.54) is 0 Å². The van der Waals surface area contributed by atoms with Gasteiger partial charge < -0.3 is 19.9 Å². The molecule has 5 heteroatoms. The number of amides is 1. The van der Waals surface area contributed by atoms with Gasteiger partial charge in [0.05, 0.1) is 6.10 Å². The highest BCUT2D eigenvalue weighted by Crippen LogP contribution is 2.34. The molecule has 0 saturated carbocycles. The van der Waals surface area contributed by atoms with Gasteiger partial charge >= 0.3 is 0 Å². The molecule has 2 rings (SSSR count). The van der Waals surface area contributed by atoms with Gasteiger partial charge in [-0.2, -0.15) is 0 Å². The summed E-state index contributed by atoms with van der Waals surface area (Å²) in [4.78, 5) is 11.1. The minimum Gasteiger partial charge on any atom is -0.454 e. The Labute approximate surface area is 99.3 Å². The second-order valence-electron chi connectivity index (χ2n) is 3.84. The van der Waals surface area contributed by atoms with Crippen molar-refractivity contribution in [3.05, 3.63) is 23.8 Å². The summed E-state index contributed by atoms with van der Waals surface area (Å²) in [5.74, 6) is 1.25. The monoisotopic (exact) mass is 237 g/mol. The van der Waals surface area contributed by atoms with Crippen molar-refractivity contribution >= 4 is 5.91 Å². The van der Waals surface area contributed by atoms with Crippen molar-refractivity contribution in [3.63, 3.8) is 0 Å². The van der Waals surface area contributed by atoms with Crippen LogP contribution in [0.2, 0.25) is 0 Å². The zero-order valence-corrected chi connectivity index (χ0v) is 9.60. The van der Waals surface area contributed by atoms with Gasteiger partial charge in [0.1, 0.15) is 0 Å². The number of rotatable bonds is 4. The third-order valence-electron chi connectivity index (χ3n) is 2.71. The van der Waals surface area contributed by atoms with Gasteiger partial charge in [0, 0.05) is 13.5 Å². The van der Waals surface area contributed by atoms with Crippen LogP contribution in [0.1, 0.15) is 24.5 Å². The van der Waals surface area contributed by atoms with Crippen LogP contribution in [-0.4, -0.2) is 24.9 Å². The van der Waals surface area contributed by atoms with Gasteiger partial charge in [-0.05, 0) is 24.1 Å². The van der Waals surface area contributed by atoms with Crippen LogP contribution in [0.15, 0.2) is 18.2 Å². The summed E-state index contributed by atoms with van der Waals surface area (Å²) < 4.78 is 10.4. The molecule has 17 heavy (non-hydrogen) atoms. The van der Waals surface area contributed by atoms with Crippen LogP contribution < -0.4 is 14.8 Å². The van der Waals surface area contributed by atoms with Crippen molar-refractivity contribution in [2.75, 3.05) is 13.8 Å². The molecule has 92 valence electrons. The molecule has 0 aliphatic carbocycles. The first kappa shape index (κ1) is 11.7. The predicted molar refractivity (Wildman–Crippen MR) is 60.8 cm³/mol. The largest absolute Gasteiger partial charge is 0.454 e. The van der Waals surface area contributed by atoms with E-state index in [0.29, 0.717) is 24.3 Å². The van der Waals surface area contributed by atoms with Crippen molar-refractivity contribution in [2.45, 2.75) is 18.9 Å². The van der Waals surface area contributed by atoms with E-state index in [2.05, 4.69) is 5.32 Å². The first-order valence-corrected chi connectivity index (χ1v) is 5.49. The molecule has 1 unspecified atom stereocenters. The summed E-state index contributed by atoms with van der Waals surface area (Å²) in [7, 11) is 1.58. The maximum absolute atomic E-state index is 11.1. The van der Waals surface area contributed by atoms with Crippen LogP contribution in [0, 0.1) is 0 Å². The summed E-state index contributed by atoms with van der Waals surface area (Å²) in [5.41, 5.74) is 0.734. The number of ether oxygens (including phenoxy) is 2. The van der Waals surface area contributed by atoms with E-state index >= 15 is 0 Å². The van der Waals surface area contributed by atoms with Crippen LogP contribution >= 0.6 is 0 Å². The predicted octanol–water partition coefficient (Wildman–Crippen LogP) is 0.975. The summed E-state index contributed by atoms with van der Waals surface area (Å²) in [6.45, 7) is 0.215. The van der Waals surface area contributed by atoms with Gasteiger partial charge in [-0.15, -0.1) is 0 Å². The first-order valence-electron chi connectivity index (χ1n) is 5.49. The number of nitrogens with one attached hydrogen (secondary N) is 1. The van der Waals surface area contributed by atoms with Crippen LogP contribution in [0.25, 0.3) is 0 Å². The average Bonchev–Trinajstić information content (AvgIpc) is 2.82. The molecule has 0 fully saturated rings. The van der Waals surface area contributed by atoms with Gasteiger partial charge in [-0.1, -0.05) is 6.07 Å². The summed E-state index contributed by atoms with van der Waals surface area (Å²) >= 11 is 0. The highest BCUT2D eigenvalue weighted by atomic mass is 16.7. The Morgan fingerprint density at radius 1 is 1.47 bits per heavy atom. The maximum atomic E-state index is 11.1. The number of hydrogen-bond acceptors (Lipinski definition) is 4. The Bertz CT molecular complexity index is 419. The molecule has 1 aromatic rings. The Morgan fingerprint density at radius 3 is 3.00 bits per heavy atom. The molecule has 0 bridgehead atoms. The molecule has 1 aliphatic rings. The standard InChI is InChI=1S/C12H15NO4/c1-13-12(15)5-3-9(14)8-2-4-10-11(6-8)17-7-16-10/h2,4,6,9,14H,3,5,7H2,1H3,(H,13,15). The van der Waals surface area contributed by atoms with Crippen LogP contribution in [0.5, 0.6) is 11.5 Å². The van der Waals surface area contributed by atoms with Crippen molar-refractivity contribution in [2.24, 2.45) is 0 Å². The molecule has 1 atom stereocenters. The summed E-state index contributed by atoms with van der Waals surface area (Å²) in [6.07, 6.45) is 0.0209. The molecule has 2 N–H and O–H groups in total. The second kappa shape index (κ2) is 5.05. The van der Waals surface area contributed by atoms with Crippen molar-refractivity contribution in [1.82, 2.24) is 5.32 Å². The van der Waals surface area contributed by atoms with Crippen LogP contribution in [0.3, 0.4) is 0 Å². The lowest BCUT2D eigenvalue weighted by Crippen LogP contribution is -2.18. The van der Waals surface area contributed by atoms with E-state index in [0.717, 1.165) is 5.56 Å². The lowest BCUT2D eigenvalue weighted by molar-refractivity contribution is -0.121. The zero-order chi connectivity index (χ0) is 12.3. The van der Waals surface area contributed by atoms with Gasteiger partial charge in [-0.25, -0.2) is 0 Å². The number of aliphatic hydroxyl groups excluding tert-OH is 1. The number of aliphatic hydroxyl groups is 1. The quantitative estimate of drug-likeness (QED) is 0.819. The summed E-state index contributed by atoms with van der Waals surface area (Å²) in [6, 6.07) is 5.29. The minimum atomic E-state index is -0.665. The highest BCUT2D eigenvalue weighted by molar-refractivity contribution is 5.75. The Hall–Kier alpha value is -1.75. The van der Waals surface area contributed by atoms with E-state index in [9.17, 15) is 9.90 Å². The molecule has 1 aliphatic heterocycles. The first-order chi connectivity index (χ1) is 8.20. The van der Waals surface area contributed by atoms with Gasteiger partial charge in [0.15, 0.2) is 11.5 Å². The maximum Gasteiger partial charge on any atom is 0.231 e. The van der Waals surface area contributed by atoms with E-state index < -0.39 is 6.10 Å².